The smallest absolute Gasteiger partial charge is 0.224 e. The SMILES string of the molecule is CC(C)c1cc(Cl)cc(Cl)c1C(=O)c1ccc(F)c(CC(=O)NCC(C)(C)O)c1. The summed E-state index contributed by atoms with van der Waals surface area (Å²) in [5.41, 5.74) is 0.240. The van der Waals surface area contributed by atoms with Crippen molar-refractivity contribution in [3.8, 4) is 0 Å². The van der Waals surface area contributed by atoms with Gasteiger partial charge in [0.2, 0.25) is 5.91 Å². The molecule has 0 aliphatic rings. The lowest BCUT2D eigenvalue weighted by molar-refractivity contribution is -0.121. The van der Waals surface area contributed by atoms with Crippen LogP contribution in [0.1, 0.15) is 60.7 Å². The molecule has 0 radical (unpaired) electrons. The molecule has 0 atom stereocenters. The lowest BCUT2D eigenvalue weighted by Crippen LogP contribution is -2.38. The number of nitrogens with one attached hydrogen (secondary N) is 1. The lowest BCUT2D eigenvalue weighted by atomic mass is 9.91. The molecule has 0 aliphatic heterocycles. The fraction of sp³-hybridized carbons (Fsp3) is 0.364. The first-order chi connectivity index (χ1) is 13.4. The van der Waals surface area contributed by atoms with Crippen LogP contribution < -0.4 is 5.32 Å². The second-order valence-electron chi connectivity index (χ2n) is 7.91. The van der Waals surface area contributed by atoms with E-state index in [1.165, 1.54) is 18.2 Å². The summed E-state index contributed by atoms with van der Waals surface area (Å²) < 4.78 is 14.2. The third-order valence-electron chi connectivity index (χ3n) is 4.31. The molecule has 2 aromatic carbocycles. The summed E-state index contributed by atoms with van der Waals surface area (Å²) in [4.78, 5) is 25.2. The monoisotopic (exact) mass is 439 g/mol. The van der Waals surface area contributed by atoms with Gasteiger partial charge in [-0.3, -0.25) is 9.59 Å². The molecule has 2 aromatic rings. The van der Waals surface area contributed by atoms with Crippen molar-refractivity contribution in [2.45, 2.75) is 45.6 Å². The fourth-order valence-corrected chi connectivity index (χ4v) is 3.43. The van der Waals surface area contributed by atoms with E-state index >= 15 is 0 Å². The molecule has 29 heavy (non-hydrogen) atoms. The highest BCUT2D eigenvalue weighted by molar-refractivity contribution is 6.38. The van der Waals surface area contributed by atoms with Crippen molar-refractivity contribution in [1.29, 1.82) is 0 Å². The third-order valence-corrected chi connectivity index (χ3v) is 4.83. The molecule has 0 bridgehead atoms. The third kappa shape index (κ3) is 6.26. The van der Waals surface area contributed by atoms with Gasteiger partial charge < -0.3 is 10.4 Å². The van der Waals surface area contributed by atoms with Crippen LogP contribution in [-0.2, 0) is 11.2 Å². The van der Waals surface area contributed by atoms with Crippen molar-refractivity contribution in [3.63, 3.8) is 0 Å². The molecule has 0 saturated carbocycles. The van der Waals surface area contributed by atoms with E-state index < -0.39 is 17.3 Å². The normalized spacial score (nSPS) is 11.6. The molecule has 1 amide bonds. The highest BCUT2D eigenvalue weighted by Crippen LogP contribution is 2.32. The Kier molecular flexibility index (Phi) is 7.44. The van der Waals surface area contributed by atoms with E-state index in [4.69, 9.17) is 23.2 Å². The van der Waals surface area contributed by atoms with Crippen LogP contribution in [0.4, 0.5) is 4.39 Å². The Hall–Kier alpha value is -1.95. The zero-order valence-electron chi connectivity index (χ0n) is 16.8. The zero-order valence-corrected chi connectivity index (χ0v) is 18.3. The maximum atomic E-state index is 14.2. The molecule has 156 valence electrons. The summed E-state index contributed by atoms with van der Waals surface area (Å²) in [6.07, 6.45) is -0.256. The van der Waals surface area contributed by atoms with Gasteiger partial charge in [0.15, 0.2) is 5.78 Å². The van der Waals surface area contributed by atoms with Gasteiger partial charge in [-0.1, -0.05) is 37.0 Å². The highest BCUT2D eigenvalue weighted by atomic mass is 35.5. The number of rotatable bonds is 7. The first kappa shape index (κ1) is 23.3. The average molecular weight is 440 g/mol. The van der Waals surface area contributed by atoms with Gasteiger partial charge in [-0.2, -0.15) is 0 Å². The maximum Gasteiger partial charge on any atom is 0.224 e. The van der Waals surface area contributed by atoms with Gasteiger partial charge in [0.25, 0.3) is 0 Å². The Morgan fingerprint density at radius 1 is 1.17 bits per heavy atom. The van der Waals surface area contributed by atoms with E-state index in [2.05, 4.69) is 5.32 Å². The number of ketones is 1. The maximum absolute atomic E-state index is 14.2. The first-order valence-electron chi connectivity index (χ1n) is 9.20. The second kappa shape index (κ2) is 9.24. The number of benzene rings is 2. The number of halogens is 3. The van der Waals surface area contributed by atoms with E-state index in [1.54, 1.807) is 19.9 Å². The summed E-state index contributed by atoms with van der Waals surface area (Å²) in [6, 6.07) is 7.07. The van der Waals surface area contributed by atoms with Gasteiger partial charge in [0.05, 0.1) is 17.0 Å². The molecule has 0 unspecified atom stereocenters. The van der Waals surface area contributed by atoms with Crippen molar-refractivity contribution >= 4 is 34.9 Å². The number of amides is 1. The van der Waals surface area contributed by atoms with Gasteiger partial charge in [-0.15, -0.1) is 0 Å². The minimum Gasteiger partial charge on any atom is -0.389 e. The molecule has 0 heterocycles. The molecule has 0 fully saturated rings. The number of aliphatic hydroxyl groups is 1. The minimum atomic E-state index is -1.08. The zero-order chi connectivity index (χ0) is 21.9. The Labute approximate surface area is 180 Å². The Morgan fingerprint density at radius 2 is 1.83 bits per heavy atom. The minimum absolute atomic E-state index is 0.00215. The van der Waals surface area contributed by atoms with Gasteiger partial charge in [-0.05, 0) is 61.2 Å². The molecular formula is C22H24Cl2FNO3. The Bertz CT molecular complexity index is 936. The summed E-state index contributed by atoms with van der Waals surface area (Å²) in [7, 11) is 0. The van der Waals surface area contributed by atoms with Crippen molar-refractivity contribution in [2.75, 3.05) is 6.54 Å². The van der Waals surface area contributed by atoms with Crippen LogP contribution in [0.3, 0.4) is 0 Å². The quantitative estimate of drug-likeness (QED) is 0.601. The predicted molar refractivity (Wildman–Crippen MR) is 113 cm³/mol. The molecule has 0 spiro atoms. The molecular weight excluding hydrogens is 416 g/mol. The lowest BCUT2D eigenvalue weighted by Gasteiger charge is -2.18. The predicted octanol–water partition coefficient (Wildman–Crippen LogP) is 4.92. The van der Waals surface area contributed by atoms with Gasteiger partial charge >= 0.3 is 0 Å². The topological polar surface area (TPSA) is 66.4 Å². The molecule has 0 aromatic heterocycles. The van der Waals surface area contributed by atoms with Crippen LogP contribution in [0.5, 0.6) is 0 Å². The Balaban J connectivity index is 2.35. The summed E-state index contributed by atoms with van der Waals surface area (Å²) in [5, 5.41) is 12.9. The van der Waals surface area contributed by atoms with Crippen molar-refractivity contribution < 1.29 is 19.1 Å². The van der Waals surface area contributed by atoms with Crippen LogP contribution in [0, 0.1) is 5.82 Å². The van der Waals surface area contributed by atoms with Crippen molar-refractivity contribution in [1.82, 2.24) is 5.32 Å². The number of carbonyl (C=O) groups excluding carboxylic acids is 2. The van der Waals surface area contributed by atoms with E-state index in [0.717, 1.165) is 6.07 Å². The summed E-state index contributed by atoms with van der Waals surface area (Å²) in [5.74, 6) is -1.42. The van der Waals surface area contributed by atoms with Crippen molar-refractivity contribution in [2.24, 2.45) is 0 Å². The molecule has 0 saturated heterocycles. The summed E-state index contributed by atoms with van der Waals surface area (Å²) >= 11 is 12.4. The first-order valence-corrected chi connectivity index (χ1v) is 9.96. The summed E-state index contributed by atoms with van der Waals surface area (Å²) in [6.45, 7) is 6.97. The fourth-order valence-electron chi connectivity index (χ4n) is 2.83. The van der Waals surface area contributed by atoms with Gasteiger partial charge in [0.1, 0.15) is 5.82 Å². The number of hydrogen-bond acceptors (Lipinski definition) is 3. The van der Waals surface area contributed by atoms with Crippen LogP contribution in [-0.4, -0.2) is 28.9 Å². The number of carbonyl (C=O) groups is 2. The van der Waals surface area contributed by atoms with Crippen LogP contribution in [0.25, 0.3) is 0 Å². The molecule has 7 heteroatoms. The van der Waals surface area contributed by atoms with Crippen LogP contribution in [0.2, 0.25) is 10.0 Å². The standard InChI is InChI=1S/C22H24Cl2FNO3/c1-12(2)16-9-15(23)10-17(24)20(16)21(28)13-5-6-18(25)14(7-13)8-19(27)26-11-22(3,4)29/h5-7,9-10,12,29H,8,11H2,1-4H3,(H,26,27). The average Bonchev–Trinajstić information content (AvgIpc) is 2.60. The van der Waals surface area contributed by atoms with E-state index in [-0.39, 0.29) is 40.8 Å². The van der Waals surface area contributed by atoms with E-state index in [1.807, 2.05) is 13.8 Å². The van der Waals surface area contributed by atoms with E-state index in [0.29, 0.717) is 16.1 Å². The number of hydrogen-bond donors (Lipinski definition) is 2. The van der Waals surface area contributed by atoms with Crippen LogP contribution >= 0.6 is 23.2 Å². The molecule has 4 nitrogen and oxygen atoms in total. The van der Waals surface area contributed by atoms with Gasteiger partial charge in [-0.25, -0.2) is 4.39 Å². The highest BCUT2D eigenvalue weighted by Gasteiger charge is 2.22. The van der Waals surface area contributed by atoms with E-state index in [9.17, 15) is 19.1 Å². The van der Waals surface area contributed by atoms with Crippen molar-refractivity contribution in [3.05, 3.63) is 68.4 Å². The molecule has 2 rings (SSSR count). The van der Waals surface area contributed by atoms with Gasteiger partial charge in [0, 0.05) is 22.7 Å². The molecule has 0 aliphatic carbocycles. The Morgan fingerprint density at radius 3 is 2.41 bits per heavy atom. The largest absolute Gasteiger partial charge is 0.389 e. The second-order valence-corrected chi connectivity index (χ2v) is 8.75. The molecule has 2 N–H and O–H groups in total. The van der Waals surface area contributed by atoms with Crippen LogP contribution in [0.15, 0.2) is 30.3 Å².